The monoisotopic (exact) mass is 264 g/mol. The number of thioether (sulfide) groups is 1. The van der Waals surface area contributed by atoms with E-state index in [0.29, 0.717) is 9.90 Å². The molecule has 1 N–H and O–H groups in total. The first-order valence-corrected chi connectivity index (χ1v) is 7.54. The smallest absolute Gasteiger partial charge is 0.184 e. The lowest BCUT2D eigenvalue weighted by Crippen LogP contribution is -2.31. The average molecular weight is 265 g/mol. The Bertz CT molecular complexity index is 289. The first-order chi connectivity index (χ1) is 7.15. The van der Waals surface area contributed by atoms with Gasteiger partial charge in [0.2, 0.25) is 0 Å². The maximum atomic E-state index is 5.77. The van der Waals surface area contributed by atoms with E-state index in [1.807, 2.05) is 17.1 Å². The molecule has 5 heteroatoms. The molecule has 86 valence electrons. The molecule has 1 heterocycles. The van der Waals surface area contributed by atoms with Gasteiger partial charge in [-0.15, -0.1) is 11.3 Å². The van der Waals surface area contributed by atoms with Crippen molar-refractivity contribution in [1.82, 2.24) is 4.98 Å². The Morgan fingerprint density at radius 3 is 2.60 bits per heavy atom. The van der Waals surface area contributed by atoms with E-state index in [2.05, 4.69) is 30.4 Å². The van der Waals surface area contributed by atoms with Gasteiger partial charge in [0.25, 0.3) is 0 Å². The van der Waals surface area contributed by atoms with Gasteiger partial charge in [0.05, 0.1) is 0 Å². The van der Waals surface area contributed by atoms with Gasteiger partial charge < -0.3 is 5.32 Å². The minimum atomic E-state index is 0.318. The molecule has 1 rings (SSSR count). The minimum absolute atomic E-state index is 0.318. The molecule has 0 spiro atoms. The second-order valence-electron chi connectivity index (χ2n) is 3.42. The van der Waals surface area contributed by atoms with Gasteiger partial charge in [0, 0.05) is 16.7 Å². The summed E-state index contributed by atoms with van der Waals surface area (Å²) in [4.78, 5) is 4.18. The molecular weight excluding hydrogens is 248 g/mol. The highest BCUT2D eigenvalue weighted by atomic mass is 35.5. The van der Waals surface area contributed by atoms with E-state index in [0.717, 1.165) is 24.5 Å². The van der Waals surface area contributed by atoms with Gasteiger partial charge in [-0.2, -0.15) is 11.8 Å². The van der Waals surface area contributed by atoms with Crippen LogP contribution in [0.2, 0.25) is 5.15 Å². The highest BCUT2D eigenvalue weighted by Crippen LogP contribution is 2.31. The zero-order chi connectivity index (χ0) is 11.3. The highest BCUT2D eigenvalue weighted by molar-refractivity contribution is 8.00. The topological polar surface area (TPSA) is 24.9 Å². The molecule has 0 atom stereocenters. The van der Waals surface area contributed by atoms with Crippen LogP contribution in [0.1, 0.15) is 26.7 Å². The molecule has 0 aliphatic heterocycles. The van der Waals surface area contributed by atoms with Crippen molar-refractivity contribution in [2.24, 2.45) is 0 Å². The quantitative estimate of drug-likeness (QED) is 0.836. The first-order valence-electron chi connectivity index (χ1n) is 5.06. The maximum absolute atomic E-state index is 5.77. The summed E-state index contributed by atoms with van der Waals surface area (Å²) in [5.41, 5.74) is 0. The number of hydrogen-bond donors (Lipinski definition) is 1. The van der Waals surface area contributed by atoms with Crippen molar-refractivity contribution >= 4 is 39.8 Å². The summed E-state index contributed by atoms with van der Waals surface area (Å²) >= 11 is 9.25. The summed E-state index contributed by atoms with van der Waals surface area (Å²) in [5, 5.41) is 6.70. The van der Waals surface area contributed by atoms with Crippen LogP contribution in [0.25, 0.3) is 0 Å². The lowest BCUT2D eigenvalue weighted by atomic mass is 10.0. The first kappa shape index (κ1) is 13.1. The van der Waals surface area contributed by atoms with Crippen molar-refractivity contribution in [3.8, 4) is 0 Å². The van der Waals surface area contributed by atoms with E-state index in [-0.39, 0.29) is 0 Å². The average Bonchev–Trinajstić information content (AvgIpc) is 2.67. The molecule has 0 aliphatic carbocycles. The Balaban J connectivity index is 2.54. The van der Waals surface area contributed by atoms with Gasteiger partial charge in [-0.3, -0.25) is 0 Å². The second kappa shape index (κ2) is 5.97. The summed E-state index contributed by atoms with van der Waals surface area (Å²) in [7, 11) is 0. The molecule has 15 heavy (non-hydrogen) atoms. The van der Waals surface area contributed by atoms with Crippen molar-refractivity contribution < 1.29 is 0 Å². The molecule has 0 radical (unpaired) electrons. The number of thiazole rings is 1. The molecule has 0 aromatic carbocycles. The third-order valence-corrected chi connectivity index (χ3v) is 5.47. The Hall–Kier alpha value is 0.0700. The van der Waals surface area contributed by atoms with Crippen molar-refractivity contribution in [2.45, 2.75) is 31.4 Å². The number of rotatable bonds is 6. The maximum Gasteiger partial charge on any atom is 0.184 e. The van der Waals surface area contributed by atoms with Crippen LogP contribution in [0.4, 0.5) is 5.13 Å². The number of halogens is 1. The number of anilines is 1. The lowest BCUT2D eigenvalue weighted by Gasteiger charge is -2.29. The molecule has 0 amide bonds. The molecule has 0 saturated carbocycles. The van der Waals surface area contributed by atoms with Gasteiger partial charge in [-0.1, -0.05) is 25.4 Å². The summed E-state index contributed by atoms with van der Waals surface area (Å²) in [6, 6.07) is 0. The molecular formula is C10H17ClN2S2. The Morgan fingerprint density at radius 2 is 2.20 bits per heavy atom. The van der Waals surface area contributed by atoms with Gasteiger partial charge in [0.1, 0.15) is 5.15 Å². The normalized spacial score (nSPS) is 11.7. The van der Waals surface area contributed by atoms with Crippen molar-refractivity contribution in [2.75, 3.05) is 18.1 Å². The molecule has 1 aromatic rings. The molecule has 0 bridgehead atoms. The van der Waals surface area contributed by atoms with Crippen LogP contribution < -0.4 is 5.32 Å². The summed E-state index contributed by atoms with van der Waals surface area (Å²) < 4.78 is 0.318. The second-order valence-corrected chi connectivity index (χ2v) is 5.94. The van der Waals surface area contributed by atoms with Crippen LogP contribution in [-0.4, -0.2) is 22.5 Å². The van der Waals surface area contributed by atoms with Crippen LogP contribution >= 0.6 is 34.7 Å². The van der Waals surface area contributed by atoms with Gasteiger partial charge in [-0.25, -0.2) is 4.98 Å². The fourth-order valence-electron chi connectivity index (χ4n) is 1.43. The molecule has 0 aliphatic rings. The van der Waals surface area contributed by atoms with E-state index in [1.165, 1.54) is 0 Å². The number of hydrogen-bond acceptors (Lipinski definition) is 4. The van der Waals surface area contributed by atoms with E-state index < -0.39 is 0 Å². The van der Waals surface area contributed by atoms with Crippen molar-refractivity contribution in [3.05, 3.63) is 10.5 Å². The predicted octanol–water partition coefficient (Wildman–Crippen LogP) is 4.13. The zero-order valence-corrected chi connectivity index (χ0v) is 11.7. The standard InChI is InChI=1S/C10H17ClN2S2/c1-4-10(5-2,14-3)7-12-9-13-8(11)6-15-9/h6H,4-5,7H2,1-3H3,(H,12,13). The summed E-state index contributed by atoms with van der Waals surface area (Å²) in [5.74, 6) is 0. The number of nitrogens with one attached hydrogen (secondary N) is 1. The molecule has 0 saturated heterocycles. The van der Waals surface area contributed by atoms with E-state index >= 15 is 0 Å². The number of aromatic nitrogens is 1. The minimum Gasteiger partial charge on any atom is -0.360 e. The van der Waals surface area contributed by atoms with Gasteiger partial charge >= 0.3 is 0 Å². The summed E-state index contributed by atoms with van der Waals surface area (Å²) in [6.45, 7) is 5.41. The fraction of sp³-hybridized carbons (Fsp3) is 0.700. The molecule has 0 fully saturated rings. The SMILES string of the molecule is CCC(CC)(CNc1nc(Cl)cs1)SC. The van der Waals surface area contributed by atoms with Gasteiger partial charge in [-0.05, 0) is 19.1 Å². The van der Waals surface area contributed by atoms with Crippen molar-refractivity contribution in [1.29, 1.82) is 0 Å². The predicted molar refractivity (Wildman–Crippen MR) is 72.4 cm³/mol. The fourth-order valence-corrected chi connectivity index (χ4v) is 3.06. The van der Waals surface area contributed by atoms with Crippen LogP contribution in [0, 0.1) is 0 Å². The van der Waals surface area contributed by atoms with Crippen LogP contribution in [-0.2, 0) is 0 Å². The van der Waals surface area contributed by atoms with E-state index in [4.69, 9.17) is 11.6 Å². The Kier molecular flexibility index (Phi) is 5.23. The molecule has 0 unspecified atom stereocenters. The van der Waals surface area contributed by atoms with E-state index in [9.17, 15) is 0 Å². The Morgan fingerprint density at radius 1 is 1.53 bits per heavy atom. The zero-order valence-electron chi connectivity index (χ0n) is 9.34. The summed E-state index contributed by atoms with van der Waals surface area (Å²) in [6.07, 6.45) is 4.50. The van der Waals surface area contributed by atoms with E-state index in [1.54, 1.807) is 11.3 Å². The molecule has 1 aromatic heterocycles. The van der Waals surface area contributed by atoms with Crippen LogP contribution in [0.5, 0.6) is 0 Å². The third-order valence-electron chi connectivity index (χ3n) is 2.76. The largest absolute Gasteiger partial charge is 0.360 e. The van der Waals surface area contributed by atoms with Crippen LogP contribution in [0.15, 0.2) is 5.38 Å². The highest BCUT2D eigenvalue weighted by Gasteiger charge is 2.24. The molecule has 2 nitrogen and oxygen atoms in total. The number of nitrogens with zero attached hydrogens (tertiary/aromatic N) is 1. The Labute approximate surface area is 105 Å². The lowest BCUT2D eigenvalue weighted by molar-refractivity contribution is 0.574. The van der Waals surface area contributed by atoms with Crippen molar-refractivity contribution in [3.63, 3.8) is 0 Å². The van der Waals surface area contributed by atoms with Crippen LogP contribution in [0.3, 0.4) is 0 Å². The van der Waals surface area contributed by atoms with Gasteiger partial charge in [0.15, 0.2) is 5.13 Å². The third kappa shape index (κ3) is 3.54.